The van der Waals surface area contributed by atoms with E-state index in [1.54, 1.807) is 36.3 Å². The van der Waals surface area contributed by atoms with Gasteiger partial charge >= 0.3 is 6.03 Å². The molecule has 1 spiro atoms. The first-order valence-corrected chi connectivity index (χ1v) is 9.57. The van der Waals surface area contributed by atoms with Crippen molar-refractivity contribution in [3.8, 4) is 5.75 Å². The zero-order valence-corrected chi connectivity index (χ0v) is 16.3. The molecule has 7 heteroatoms. The van der Waals surface area contributed by atoms with E-state index < -0.39 is 5.60 Å². The highest BCUT2D eigenvalue weighted by molar-refractivity contribution is 6.30. The van der Waals surface area contributed by atoms with Crippen molar-refractivity contribution < 1.29 is 14.4 Å². The maximum atomic E-state index is 12.5. The summed E-state index contributed by atoms with van der Waals surface area (Å²) >= 11 is 5.88. The molecule has 2 aromatic carbocycles. The highest BCUT2D eigenvalue weighted by atomic mass is 35.5. The Morgan fingerprint density at radius 2 is 1.96 bits per heavy atom. The van der Waals surface area contributed by atoms with Crippen LogP contribution in [-0.4, -0.2) is 36.7 Å². The Hall–Kier alpha value is -2.70. The third kappa shape index (κ3) is 3.93. The number of hydrogen-bond donors (Lipinski definition) is 2. The molecular formula is C21H22ClN3O3. The van der Waals surface area contributed by atoms with E-state index in [4.69, 9.17) is 21.2 Å². The monoisotopic (exact) mass is 399 g/mol. The van der Waals surface area contributed by atoms with Crippen molar-refractivity contribution in [3.05, 3.63) is 65.2 Å². The van der Waals surface area contributed by atoms with Crippen LogP contribution in [0.15, 0.2) is 54.6 Å². The van der Waals surface area contributed by atoms with Gasteiger partial charge in [-0.1, -0.05) is 23.7 Å². The SMILES string of the molecule is COc1cccc(C2=CC3(CCN(C(=O)Nc4ccc(Cl)cc4)CC3)ON2)c1. The molecule has 1 fully saturated rings. The zero-order chi connectivity index (χ0) is 19.6. The maximum absolute atomic E-state index is 12.5. The quantitative estimate of drug-likeness (QED) is 0.808. The molecule has 0 aromatic heterocycles. The van der Waals surface area contributed by atoms with Crippen LogP contribution in [0.25, 0.3) is 5.70 Å². The average molecular weight is 400 g/mol. The molecule has 28 heavy (non-hydrogen) atoms. The molecule has 6 nitrogen and oxygen atoms in total. The van der Waals surface area contributed by atoms with Crippen molar-refractivity contribution in [3.63, 3.8) is 0 Å². The van der Waals surface area contributed by atoms with Gasteiger partial charge < -0.3 is 15.0 Å². The number of methoxy groups -OCH3 is 1. The lowest BCUT2D eigenvalue weighted by Gasteiger charge is -2.36. The minimum absolute atomic E-state index is 0.111. The van der Waals surface area contributed by atoms with Crippen LogP contribution in [0.2, 0.25) is 5.02 Å². The van der Waals surface area contributed by atoms with Crippen LogP contribution in [0.3, 0.4) is 0 Å². The highest BCUT2D eigenvalue weighted by Crippen LogP contribution is 2.35. The summed E-state index contributed by atoms with van der Waals surface area (Å²) in [6.45, 7) is 1.23. The van der Waals surface area contributed by atoms with Gasteiger partial charge in [-0.25, -0.2) is 4.79 Å². The molecule has 0 bridgehead atoms. The van der Waals surface area contributed by atoms with Gasteiger partial charge in [-0.3, -0.25) is 10.3 Å². The number of nitrogens with zero attached hydrogens (tertiary/aromatic N) is 1. The molecule has 2 aliphatic rings. The number of carbonyl (C=O) groups is 1. The fourth-order valence-corrected chi connectivity index (χ4v) is 3.61. The number of halogens is 1. The van der Waals surface area contributed by atoms with Crippen LogP contribution < -0.4 is 15.5 Å². The number of ether oxygens (including phenoxy) is 1. The summed E-state index contributed by atoms with van der Waals surface area (Å²) in [6.07, 6.45) is 3.57. The lowest BCUT2D eigenvalue weighted by atomic mass is 9.90. The topological polar surface area (TPSA) is 62.8 Å². The number of rotatable bonds is 3. The van der Waals surface area contributed by atoms with Crippen LogP contribution in [-0.2, 0) is 4.84 Å². The van der Waals surface area contributed by atoms with E-state index in [0.29, 0.717) is 18.1 Å². The summed E-state index contributed by atoms with van der Waals surface area (Å²) in [5.74, 6) is 0.801. The van der Waals surface area contributed by atoms with Crippen LogP contribution in [0.5, 0.6) is 5.75 Å². The van der Waals surface area contributed by atoms with Crippen molar-refractivity contribution in [2.24, 2.45) is 0 Å². The Kier molecular flexibility index (Phi) is 5.15. The number of amides is 2. The average Bonchev–Trinajstić information content (AvgIpc) is 3.14. The third-order valence-electron chi connectivity index (χ3n) is 5.14. The lowest BCUT2D eigenvalue weighted by molar-refractivity contribution is -0.0634. The molecule has 0 unspecified atom stereocenters. The zero-order valence-electron chi connectivity index (χ0n) is 15.6. The third-order valence-corrected chi connectivity index (χ3v) is 5.40. The van der Waals surface area contributed by atoms with E-state index in [0.717, 1.165) is 35.5 Å². The van der Waals surface area contributed by atoms with Gasteiger partial charge in [-0.05, 0) is 42.5 Å². The molecule has 0 saturated carbocycles. The van der Waals surface area contributed by atoms with Crippen molar-refractivity contribution in [2.45, 2.75) is 18.4 Å². The molecule has 0 aliphatic carbocycles. The summed E-state index contributed by atoms with van der Waals surface area (Å²) in [5, 5.41) is 3.55. The van der Waals surface area contributed by atoms with Gasteiger partial charge in [0, 0.05) is 42.2 Å². The maximum Gasteiger partial charge on any atom is 0.321 e. The number of nitrogens with one attached hydrogen (secondary N) is 2. The van der Waals surface area contributed by atoms with Crippen molar-refractivity contribution >= 4 is 29.0 Å². The molecule has 2 heterocycles. The summed E-state index contributed by atoms with van der Waals surface area (Å²) in [6, 6.07) is 14.8. The number of hydroxylamine groups is 1. The van der Waals surface area contributed by atoms with Crippen LogP contribution in [0.4, 0.5) is 10.5 Å². The number of carbonyl (C=O) groups excluding carboxylic acids is 1. The second-order valence-corrected chi connectivity index (χ2v) is 7.42. The minimum Gasteiger partial charge on any atom is -0.497 e. The Bertz CT molecular complexity index is 890. The van der Waals surface area contributed by atoms with Gasteiger partial charge in [0.1, 0.15) is 11.4 Å². The number of piperidine rings is 1. The normalized spacial score (nSPS) is 17.8. The molecular weight excluding hydrogens is 378 g/mol. The van der Waals surface area contributed by atoms with Gasteiger partial charge in [-0.2, -0.15) is 0 Å². The molecule has 1 saturated heterocycles. The summed E-state index contributed by atoms with van der Waals surface area (Å²) < 4.78 is 5.29. The molecule has 0 atom stereocenters. The fraction of sp³-hybridized carbons (Fsp3) is 0.286. The summed E-state index contributed by atoms with van der Waals surface area (Å²) in [5.41, 5.74) is 5.33. The van der Waals surface area contributed by atoms with Gasteiger partial charge in [-0.15, -0.1) is 0 Å². The van der Waals surface area contributed by atoms with E-state index in [1.165, 1.54) is 0 Å². The Morgan fingerprint density at radius 3 is 2.68 bits per heavy atom. The van der Waals surface area contributed by atoms with Crippen LogP contribution in [0.1, 0.15) is 18.4 Å². The summed E-state index contributed by atoms with van der Waals surface area (Å²) in [4.78, 5) is 20.2. The first-order valence-electron chi connectivity index (χ1n) is 9.20. The van der Waals surface area contributed by atoms with Gasteiger partial charge in [0.05, 0.1) is 12.8 Å². The van der Waals surface area contributed by atoms with Crippen molar-refractivity contribution in [1.29, 1.82) is 0 Å². The molecule has 2 N–H and O–H groups in total. The Balaban J connectivity index is 1.38. The Morgan fingerprint density at radius 1 is 1.21 bits per heavy atom. The minimum atomic E-state index is -0.393. The summed E-state index contributed by atoms with van der Waals surface area (Å²) in [7, 11) is 1.65. The molecule has 4 rings (SSSR count). The highest BCUT2D eigenvalue weighted by Gasteiger charge is 2.39. The Labute approximate surface area is 169 Å². The van der Waals surface area contributed by atoms with Crippen LogP contribution in [0, 0.1) is 0 Å². The van der Waals surface area contributed by atoms with Crippen molar-refractivity contribution in [1.82, 2.24) is 10.4 Å². The van der Waals surface area contributed by atoms with E-state index in [2.05, 4.69) is 16.9 Å². The van der Waals surface area contributed by atoms with Gasteiger partial charge in [0.15, 0.2) is 0 Å². The smallest absolute Gasteiger partial charge is 0.321 e. The number of anilines is 1. The molecule has 2 aliphatic heterocycles. The molecule has 0 radical (unpaired) electrons. The number of likely N-dealkylation sites (tertiary alicyclic amines) is 1. The van der Waals surface area contributed by atoms with Gasteiger partial charge in [0.2, 0.25) is 0 Å². The second-order valence-electron chi connectivity index (χ2n) is 6.98. The fourth-order valence-electron chi connectivity index (χ4n) is 3.48. The number of hydrogen-bond acceptors (Lipinski definition) is 4. The molecule has 2 aromatic rings. The largest absolute Gasteiger partial charge is 0.497 e. The van der Waals surface area contributed by atoms with Crippen molar-refractivity contribution in [2.75, 3.05) is 25.5 Å². The second kappa shape index (κ2) is 7.73. The van der Waals surface area contributed by atoms with E-state index >= 15 is 0 Å². The first-order chi connectivity index (χ1) is 13.6. The molecule has 146 valence electrons. The molecule has 2 amide bonds. The first kappa shape index (κ1) is 18.7. The van der Waals surface area contributed by atoms with E-state index in [9.17, 15) is 4.79 Å². The predicted octanol–water partition coefficient (Wildman–Crippen LogP) is 4.29. The number of benzene rings is 2. The van der Waals surface area contributed by atoms with E-state index in [1.807, 2.05) is 24.3 Å². The van der Waals surface area contributed by atoms with Gasteiger partial charge in [0.25, 0.3) is 0 Å². The number of urea groups is 1. The van der Waals surface area contributed by atoms with Crippen LogP contribution >= 0.6 is 11.6 Å². The standard InChI is InChI=1S/C21H22ClN3O3/c1-27-18-4-2-3-15(13-18)19-14-21(28-24-19)9-11-25(12-10-21)20(26)23-17-7-5-16(22)6-8-17/h2-8,13-14,24H,9-12H2,1H3,(H,23,26). The predicted molar refractivity (Wildman–Crippen MR) is 109 cm³/mol. The lowest BCUT2D eigenvalue weighted by Crippen LogP contribution is -2.48. The van der Waals surface area contributed by atoms with E-state index in [-0.39, 0.29) is 6.03 Å².